The van der Waals surface area contributed by atoms with Gasteiger partial charge in [-0.1, -0.05) is 12.1 Å². The van der Waals surface area contributed by atoms with Gasteiger partial charge in [-0.3, -0.25) is 4.72 Å². The highest BCUT2D eigenvalue weighted by Gasteiger charge is 2.17. The van der Waals surface area contributed by atoms with E-state index < -0.39 is 16.1 Å². The number of hydrogen-bond donors (Lipinski definition) is 2. The lowest BCUT2D eigenvalue weighted by molar-refractivity contribution is 0.199. The molecule has 6 nitrogen and oxygen atoms in total. The molecule has 108 valence electrons. The molecule has 1 atom stereocenters. The van der Waals surface area contributed by atoms with Crippen LogP contribution in [0.1, 0.15) is 25.5 Å². The molecule has 1 heterocycles. The van der Waals surface area contributed by atoms with Gasteiger partial charge < -0.3 is 9.67 Å². The summed E-state index contributed by atoms with van der Waals surface area (Å²) in [5.74, 6) is 0. The number of benzene rings is 1. The van der Waals surface area contributed by atoms with Gasteiger partial charge in [0.25, 0.3) is 10.0 Å². The van der Waals surface area contributed by atoms with E-state index in [1.807, 2.05) is 6.92 Å². The smallest absolute Gasteiger partial charge is 0.280 e. The van der Waals surface area contributed by atoms with Crippen LogP contribution < -0.4 is 4.72 Å². The molecule has 0 aliphatic carbocycles. The van der Waals surface area contributed by atoms with E-state index in [2.05, 4.69) is 9.71 Å². The van der Waals surface area contributed by atoms with Gasteiger partial charge in [-0.15, -0.1) is 0 Å². The van der Waals surface area contributed by atoms with Crippen molar-refractivity contribution in [3.8, 4) is 0 Å². The van der Waals surface area contributed by atoms with E-state index in [0.29, 0.717) is 12.2 Å². The van der Waals surface area contributed by atoms with Crippen molar-refractivity contribution < 1.29 is 13.5 Å². The van der Waals surface area contributed by atoms with E-state index in [1.54, 1.807) is 35.8 Å². The van der Waals surface area contributed by atoms with Crippen LogP contribution in [0.25, 0.3) is 0 Å². The lowest BCUT2D eigenvalue weighted by Crippen LogP contribution is -2.13. The molecule has 0 fully saturated rings. The summed E-state index contributed by atoms with van der Waals surface area (Å²) in [5.41, 5.74) is 1.16. The minimum absolute atomic E-state index is 0.0149. The number of imidazole rings is 1. The maximum atomic E-state index is 12.1. The minimum atomic E-state index is -3.68. The first-order chi connectivity index (χ1) is 9.42. The van der Waals surface area contributed by atoms with E-state index in [4.69, 9.17) is 0 Å². The lowest BCUT2D eigenvalue weighted by atomic mass is 10.1. The second kappa shape index (κ2) is 5.64. The number of aliphatic hydroxyl groups excluding tert-OH is 1. The standard InChI is InChI=1S/C13H17N3O3S/c1-3-16-8-13(14-9-16)20(18,19)15-12-6-4-11(5-7-12)10(2)17/h4-10,15,17H,3H2,1-2H3. The monoisotopic (exact) mass is 295 g/mol. The second-order valence-electron chi connectivity index (χ2n) is 4.45. The normalized spacial score (nSPS) is 13.2. The Balaban J connectivity index is 2.19. The Morgan fingerprint density at radius 2 is 2.00 bits per heavy atom. The Morgan fingerprint density at radius 3 is 2.50 bits per heavy atom. The number of sulfonamides is 1. The topological polar surface area (TPSA) is 84.2 Å². The first-order valence-corrected chi connectivity index (χ1v) is 7.73. The Bertz CT molecular complexity index is 675. The van der Waals surface area contributed by atoms with Gasteiger partial charge in [-0.05, 0) is 31.5 Å². The molecule has 0 aliphatic rings. The fourth-order valence-corrected chi connectivity index (χ4v) is 2.70. The van der Waals surface area contributed by atoms with Crippen molar-refractivity contribution in [3.63, 3.8) is 0 Å². The Morgan fingerprint density at radius 1 is 1.35 bits per heavy atom. The van der Waals surface area contributed by atoms with Crippen molar-refractivity contribution >= 4 is 15.7 Å². The first-order valence-electron chi connectivity index (χ1n) is 6.25. The number of aromatic nitrogens is 2. The van der Waals surface area contributed by atoms with E-state index in [0.717, 1.165) is 5.56 Å². The number of nitrogens with zero attached hydrogens (tertiary/aromatic N) is 2. The number of anilines is 1. The van der Waals surface area contributed by atoms with Gasteiger partial charge in [0, 0.05) is 18.4 Å². The molecule has 20 heavy (non-hydrogen) atoms. The average Bonchev–Trinajstić information content (AvgIpc) is 2.88. The summed E-state index contributed by atoms with van der Waals surface area (Å²) in [6.45, 7) is 4.21. The largest absolute Gasteiger partial charge is 0.389 e. The molecule has 1 unspecified atom stereocenters. The van der Waals surface area contributed by atoms with Gasteiger partial charge in [-0.25, -0.2) is 4.98 Å². The van der Waals surface area contributed by atoms with Crippen LogP contribution in [0.3, 0.4) is 0 Å². The minimum Gasteiger partial charge on any atom is -0.389 e. The van der Waals surface area contributed by atoms with Gasteiger partial charge in [-0.2, -0.15) is 8.42 Å². The molecule has 0 amide bonds. The number of aryl methyl sites for hydroxylation is 1. The van der Waals surface area contributed by atoms with Crippen LogP contribution in [0.15, 0.2) is 41.8 Å². The van der Waals surface area contributed by atoms with Crippen LogP contribution in [0, 0.1) is 0 Å². The average molecular weight is 295 g/mol. The summed E-state index contributed by atoms with van der Waals surface area (Å²) < 4.78 is 28.4. The van der Waals surface area contributed by atoms with Gasteiger partial charge >= 0.3 is 0 Å². The third-order valence-electron chi connectivity index (χ3n) is 2.90. The predicted octanol–water partition coefficient (Wildman–Crippen LogP) is 1.76. The van der Waals surface area contributed by atoms with Crippen LogP contribution in [0.5, 0.6) is 0 Å². The van der Waals surface area contributed by atoms with E-state index in [1.165, 1.54) is 12.5 Å². The highest BCUT2D eigenvalue weighted by Crippen LogP contribution is 2.18. The Hall–Kier alpha value is -1.86. The van der Waals surface area contributed by atoms with Crippen LogP contribution in [-0.2, 0) is 16.6 Å². The number of rotatable bonds is 5. The maximum absolute atomic E-state index is 12.1. The molecule has 0 bridgehead atoms. The maximum Gasteiger partial charge on any atom is 0.280 e. The Kier molecular flexibility index (Phi) is 4.10. The fourth-order valence-electron chi connectivity index (χ4n) is 1.69. The third kappa shape index (κ3) is 3.17. The molecule has 2 rings (SSSR count). The van der Waals surface area contributed by atoms with E-state index in [9.17, 15) is 13.5 Å². The second-order valence-corrected chi connectivity index (χ2v) is 6.08. The van der Waals surface area contributed by atoms with E-state index in [-0.39, 0.29) is 5.03 Å². The third-order valence-corrected chi connectivity index (χ3v) is 4.16. The molecule has 2 aromatic rings. The molecule has 0 radical (unpaired) electrons. The highest BCUT2D eigenvalue weighted by atomic mass is 32.2. The molecule has 0 aliphatic heterocycles. The van der Waals surface area contributed by atoms with Crippen LogP contribution in [0.4, 0.5) is 5.69 Å². The molecule has 1 aromatic heterocycles. The number of hydrogen-bond acceptors (Lipinski definition) is 4. The van der Waals surface area contributed by atoms with Gasteiger partial charge in [0.05, 0.1) is 12.4 Å². The summed E-state index contributed by atoms with van der Waals surface area (Å²) >= 11 is 0. The van der Waals surface area contributed by atoms with Crippen LogP contribution >= 0.6 is 0 Å². The zero-order valence-electron chi connectivity index (χ0n) is 11.3. The van der Waals surface area contributed by atoms with Gasteiger partial charge in [0.2, 0.25) is 0 Å². The zero-order valence-corrected chi connectivity index (χ0v) is 12.1. The molecule has 2 N–H and O–H groups in total. The summed E-state index contributed by atoms with van der Waals surface area (Å²) in [6.07, 6.45) is 2.37. The molecule has 0 spiro atoms. The van der Waals surface area contributed by atoms with Gasteiger partial charge in [0.15, 0.2) is 5.03 Å². The fraction of sp³-hybridized carbons (Fsp3) is 0.308. The Labute approximate surface area is 118 Å². The highest BCUT2D eigenvalue weighted by molar-refractivity contribution is 7.92. The van der Waals surface area contributed by atoms with Crippen LogP contribution in [0.2, 0.25) is 0 Å². The molecular weight excluding hydrogens is 278 g/mol. The summed E-state index contributed by atoms with van der Waals surface area (Å²) in [6, 6.07) is 6.56. The van der Waals surface area contributed by atoms with E-state index >= 15 is 0 Å². The van der Waals surface area contributed by atoms with Crippen molar-refractivity contribution in [2.45, 2.75) is 31.5 Å². The van der Waals surface area contributed by atoms with Crippen molar-refractivity contribution in [2.75, 3.05) is 4.72 Å². The van der Waals surface area contributed by atoms with Crippen molar-refractivity contribution in [1.29, 1.82) is 0 Å². The molecule has 1 aromatic carbocycles. The van der Waals surface area contributed by atoms with Crippen LogP contribution in [-0.4, -0.2) is 23.1 Å². The van der Waals surface area contributed by atoms with Crippen molar-refractivity contribution in [2.24, 2.45) is 0 Å². The summed E-state index contributed by atoms with van der Waals surface area (Å²) in [5, 5.41) is 9.39. The summed E-state index contributed by atoms with van der Waals surface area (Å²) in [7, 11) is -3.68. The number of nitrogens with one attached hydrogen (secondary N) is 1. The quantitative estimate of drug-likeness (QED) is 0.880. The molecule has 0 saturated carbocycles. The predicted molar refractivity (Wildman–Crippen MR) is 75.8 cm³/mol. The summed E-state index contributed by atoms with van der Waals surface area (Å²) in [4.78, 5) is 3.87. The molecule has 7 heteroatoms. The SMILES string of the molecule is CCn1cnc(S(=O)(=O)Nc2ccc(C(C)O)cc2)c1. The van der Waals surface area contributed by atoms with Crippen molar-refractivity contribution in [1.82, 2.24) is 9.55 Å². The van der Waals surface area contributed by atoms with Gasteiger partial charge in [0.1, 0.15) is 0 Å². The zero-order chi connectivity index (χ0) is 14.8. The lowest BCUT2D eigenvalue weighted by Gasteiger charge is -2.08. The molecular formula is C13H17N3O3S. The first kappa shape index (κ1) is 14.5. The molecule has 0 saturated heterocycles. The number of aliphatic hydroxyl groups is 1. The van der Waals surface area contributed by atoms with Crippen molar-refractivity contribution in [3.05, 3.63) is 42.4 Å².